The van der Waals surface area contributed by atoms with Crippen LogP contribution in [0.25, 0.3) is 0 Å². The first-order valence-corrected chi connectivity index (χ1v) is 11.3. The van der Waals surface area contributed by atoms with Crippen molar-refractivity contribution < 1.29 is 27.8 Å². The van der Waals surface area contributed by atoms with Crippen LogP contribution in [0.5, 0.6) is 0 Å². The van der Waals surface area contributed by atoms with Crippen molar-refractivity contribution in [3.63, 3.8) is 0 Å². The fraction of sp³-hybridized carbons (Fsp3) is 1.00. The van der Waals surface area contributed by atoms with Crippen LogP contribution < -0.4 is 0 Å². The lowest BCUT2D eigenvalue weighted by Crippen LogP contribution is -2.32. The van der Waals surface area contributed by atoms with Crippen LogP contribution in [0.4, 0.5) is 0 Å². The van der Waals surface area contributed by atoms with Gasteiger partial charge in [-0.1, -0.05) is 20.8 Å². The van der Waals surface area contributed by atoms with Gasteiger partial charge in [-0.15, -0.1) is 0 Å². The summed E-state index contributed by atoms with van der Waals surface area (Å²) >= 11 is 0. The van der Waals surface area contributed by atoms with Gasteiger partial charge in [0.25, 0.3) is 0 Å². The van der Waals surface area contributed by atoms with Gasteiger partial charge in [0, 0.05) is 32.7 Å². The Morgan fingerprint density at radius 3 is 2.32 bits per heavy atom. The minimum absolute atomic E-state index is 0.0413. The molecule has 6 nitrogen and oxygen atoms in total. The number of rotatable bonds is 8. The average molecular weight is 378 g/mol. The molecule has 2 aliphatic rings. The third-order valence-corrected chi connectivity index (χ3v) is 7.25. The van der Waals surface area contributed by atoms with E-state index in [-0.39, 0.29) is 36.3 Å². The zero-order valence-corrected chi connectivity index (χ0v) is 17.5. The molecular formula is C18H35O6P. The fourth-order valence-corrected chi connectivity index (χ4v) is 5.47. The normalized spacial score (nSPS) is 44.1. The third-order valence-electron chi connectivity index (χ3n) is 6.01. The lowest BCUT2D eigenvalue weighted by atomic mass is 9.99. The van der Waals surface area contributed by atoms with E-state index in [1.165, 1.54) is 0 Å². The molecule has 1 saturated heterocycles. The maximum atomic E-state index is 12.9. The quantitative estimate of drug-likeness (QED) is 0.602. The van der Waals surface area contributed by atoms with Gasteiger partial charge in [-0.2, -0.15) is 0 Å². The van der Waals surface area contributed by atoms with Gasteiger partial charge in [0.05, 0.1) is 25.4 Å². The second kappa shape index (κ2) is 8.81. The predicted molar refractivity (Wildman–Crippen MR) is 97.0 cm³/mol. The molecular weight excluding hydrogens is 343 g/mol. The Morgan fingerprint density at radius 1 is 1.04 bits per heavy atom. The topological polar surface area (TPSA) is 63.2 Å². The van der Waals surface area contributed by atoms with Crippen LogP contribution in [0.3, 0.4) is 0 Å². The van der Waals surface area contributed by atoms with Crippen molar-refractivity contribution >= 4 is 7.60 Å². The highest BCUT2D eigenvalue weighted by Crippen LogP contribution is 2.50. The molecule has 9 atom stereocenters. The maximum Gasteiger partial charge on any atom is 0.328 e. The van der Waals surface area contributed by atoms with Gasteiger partial charge in [0.15, 0.2) is 0 Å². The molecule has 0 aromatic heterocycles. The van der Waals surface area contributed by atoms with Gasteiger partial charge < -0.3 is 23.3 Å². The monoisotopic (exact) mass is 378 g/mol. The Morgan fingerprint density at radius 2 is 1.72 bits per heavy atom. The molecule has 0 spiro atoms. The van der Waals surface area contributed by atoms with E-state index in [9.17, 15) is 4.57 Å². The summed E-state index contributed by atoms with van der Waals surface area (Å²) < 4.78 is 41.3. The zero-order valence-electron chi connectivity index (χ0n) is 16.6. The molecule has 0 aromatic rings. The SMILES string of the molecule is COCC1OC(C)C(C)C1OP(C)(=O)OCC1CC(C)C(C)C1OC. The van der Waals surface area contributed by atoms with Crippen LogP contribution in [0.1, 0.15) is 34.1 Å². The van der Waals surface area contributed by atoms with E-state index in [2.05, 4.69) is 13.8 Å². The van der Waals surface area contributed by atoms with E-state index in [1.807, 2.05) is 13.8 Å². The fourth-order valence-electron chi connectivity index (χ4n) is 4.18. The van der Waals surface area contributed by atoms with Crippen molar-refractivity contribution in [3.8, 4) is 0 Å². The first-order chi connectivity index (χ1) is 11.7. The van der Waals surface area contributed by atoms with E-state index in [0.29, 0.717) is 25.0 Å². The first kappa shape index (κ1) is 21.3. The minimum Gasteiger partial charge on any atom is -0.382 e. The maximum absolute atomic E-state index is 12.9. The molecule has 7 heteroatoms. The standard InChI is InChI=1S/C18H35O6P/c1-11-8-15(17(21-6)12(11)2)9-22-25(7,19)24-18-13(3)14(4)23-16(18)10-20-5/h11-18H,8-10H2,1-7H3. The van der Waals surface area contributed by atoms with E-state index in [0.717, 1.165) is 6.42 Å². The largest absolute Gasteiger partial charge is 0.382 e. The summed E-state index contributed by atoms with van der Waals surface area (Å²) in [6, 6.07) is 0. The Labute approximate surface area is 152 Å². The van der Waals surface area contributed by atoms with E-state index < -0.39 is 7.60 Å². The highest BCUT2D eigenvalue weighted by atomic mass is 31.2. The molecule has 9 unspecified atom stereocenters. The number of hydrogen-bond donors (Lipinski definition) is 0. The molecule has 1 aliphatic carbocycles. The van der Waals surface area contributed by atoms with Crippen molar-refractivity contribution in [2.45, 2.75) is 58.5 Å². The second-order valence-electron chi connectivity index (χ2n) is 7.86. The minimum atomic E-state index is -3.19. The average Bonchev–Trinajstić information content (AvgIpc) is 2.97. The van der Waals surface area contributed by atoms with Crippen LogP contribution in [0, 0.1) is 23.7 Å². The molecule has 1 aliphatic heterocycles. The molecule has 0 N–H and O–H groups in total. The van der Waals surface area contributed by atoms with Crippen molar-refractivity contribution in [3.05, 3.63) is 0 Å². The highest BCUT2D eigenvalue weighted by molar-refractivity contribution is 7.53. The predicted octanol–water partition coefficient (Wildman–Crippen LogP) is 3.59. The van der Waals surface area contributed by atoms with Crippen molar-refractivity contribution in [1.82, 2.24) is 0 Å². The van der Waals surface area contributed by atoms with Gasteiger partial charge in [0.2, 0.25) is 0 Å². The Bertz CT molecular complexity index is 472. The molecule has 1 heterocycles. The molecule has 0 aromatic carbocycles. The summed E-state index contributed by atoms with van der Waals surface area (Å²) in [4.78, 5) is 0. The molecule has 0 amide bonds. The van der Waals surface area contributed by atoms with Gasteiger partial charge in [0.1, 0.15) is 12.2 Å². The summed E-state index contributed by atoms with van der Waals surface area (Å²) in [7, 11) is 0.180. The van der Waals surface area contributed by atoms with Gasteiger partial charge >= 0.3 is 7.60 Å². The van der Waals surface area contributed by atoms with Crippen molar-refractivity contribution in [1.29, 1.82) is 0 Å². The molecule has 0 radical (unpaired) electrons. The zero-order chi connectivity index (χ0) is 18.8. The highest BCUT2D eigenvalue weighted by Gasteiger charge is 2.44. The Balaban J connectivity index is 1.94. The van der Waals surface area contributed by atoms with E-state index in [1.54, 1.807) is 20.9 Å². The van der Waals surface area contributed by atoms with Crippen LogP contribution in [-0.4, -0.2) is 58.5 Å². The lowest BCUT2D eigenvalue weighted by molar-refractivity contribution is -0.0273. The molecule has 1 saturated carbocycles. The van der Waals surface area contributed by atoms with Crippen LogP contribution >= 0.6 is 7.60 Å². The summed E-state index contributed by atoms with van der Waals surface area (Å²) in [5, 5.41) is 0. The van der Waals surface area contributed by atoms with E-state index >= 15 is 0 Å². The molecule has 25 heavy (non-hydrogen) atoms. The molecule has 0 bridgehead atoms. The summed E-state index contributed by atoms with van der Waals surface area (Å²) in [6.45, 7) is 10.9. The first-order valence-electron chi connectivity index (χ1n) is 9.27. The summed E-state index contributed by atoms with van der Waals surface area (Å²) in [5.74, 6) is 1.44. The Kier molecular flexibility index (Phi) is 7.52. The number of methoxy groups -OCH3 is 2. The molecule has 2 fully saturated rings. The molecule has 2 rings (SSSR count). The van der Waals surface area contributed by atoms with E-state index in [4.69, 9.17) is 23.3 Å². The van der Waals surface area contributed by atoms with Crippen molar-refractivity contribution in [2.24, 2.45) is 23.7 Å². The summed E-state index contributed by atoms with van der Waals surface area (Å²) in [5.41, 5.74) is 0. The smallest absolute Gasteiger partial charge is 0.328 e. The molecule has 148 valence electrons. The van der Waals surface area contributed by atoms with Gasteiger partial charge in [-0.3, -0.25) is 4.57 Å². The second-order valence-corrected chi connectivity index (χ2v) is 9.88. The third kappa shape index (κ3) is 5.06. The summed E-state index contributed by atoms with van der Waals surface area (Å²) in [6.07, 6.45) is 0.700. The van der Waals surface area contributed by atoms with Crippen LogP contribution in [0.2, 0.25) is 0 Å². The van der Waals surface area contributed by atoms with Gasteiger partial charge in [-0.25, -0.2) is 0 Å². The van der Waals surface area contributed by atoms with Gasteiger partial charge in [-0.05, 0) is 25.2 Å². The lowest BCUT2D eigenvalue weighted by Gasteiger charge is -2.27. The number of hydrogen-bond acceptors (Lipinski definition) is 6. The van der Waals surface area contributed by atoms with Crippen molar-refractivity contribution in [2.75, 3.05) is 34.1 Å². The Hall–Kier alpha value is 0.0300. The number of ether oxygens (including phenoxy) is 3. The van der Waals surface area contributed by atoms with Crippen LogP contribution in [0.15, 0.2) is 0 Å². The van der Waals surface area contributed by atoms with Crippen LogP contribution in [-0.2, 0) is 27.8 Å².